The van der Waals surface area contributed by atoms with Gasteiger partial charge in [0.25, 0.3) is 0 Å². The second-order valence-corrected chi connectivity index (χ2v) is 13.3. The van der Waals surface area contributed by atoms with Gasteiger partial charge in [0.05, 0.1) is 11.4 Å². The minimum atomic E-state index is 0.700. The van der Waals surface area contributed by atoms with E-state index in [0.29, 0.717) is 5.82 Å². The van der Waals surface area contributed by atoms with E-state index in [2.05, 4.69) is 157 Å². The second kappa shape index (κ2) is 12.4. The van der Waals surface area contributed by atoms with Crippen LogP contribution in [0.1, 0.15) is 0 Å². The number of aromatic nitrogens is 3. The fourth-order valence-corrected chi connectivity index (χ4v) is 7.51. The fourth-order valence-electron chi connectivity index (χ4n) is 7.51. The van der Waals surface area contributed by atoms with Gasteiger partial charge in [-0.15, -0.1) is 0 Å². The van der Waals surface area contributed by atoms with E-state index >= 15 is 0 Å². The Hall–Kier alpha value is -6.97. The molecule has 0 atom stereocenters. The largest absolute Gasteiger partial charge is 0.264 e. The van der Waals surface area contributed by atoms with Crippen LogP contribution in [0.2, 0.25) is 0 Å². The zero-order chi connectivity index (χ0) is 34.4. The molecular weight excluding hydrogens is 631 g/mol. The Balaban J connectivity index is 0.992. The van der Waals surface area contributed by atoms with E-state index in [0.717, 1.165) is 44.8 Å². The first-order valence-corrected chi connectivity index (χ1v) is 17.6. The molecule has 52 heavy (non-hydrogen) atoms. The van der Waals surface area contributed by atoms with Gasteiger partial charge in [-0.25, -0.2) is 9.97 Å². The van der Waals surface area contributed by atoms with Crippen molar-refractivity contribution in [2.75, 3.05) is 0 Å². The van der Waals surface area contributed by atoms with Gasteiger partial charge in [-0.2, -0.15) is 0 Å². The number of hydrogen-bond acceptors (Lipinski definition) is 3. The lowest BCUT2D eigenvalue weighted by atomic mass is 9.89. The Morgan fingerprint density at radius 3 is 1.63 bits per heavy atom. The number of pyridine rings is 1. The Morgan fingerprint density at radius 2 is 0.904 bits per heavy atom. The number of rotatable bonds is 6. The van der Waals surface area contributed by atoms with Gasteiger partial charge in [-0.1, -0.05) is 158 Å². The summed E-state index contributed by atoms with van der Waals surface area (Å²) in [4.78, 5) is 14.4. The van der Waals surface area contributed by atoms with Crippen LogP contribution in [0.25, 0.3) is 99.6 Å². The smallest absolute Gasteiger partial charge is 0.160 e. The lowest BCUT2D eigenvalue weighted by Crippen LogP contribution is -1.96. The Labute approximate surface area is 301 Å². The summed E-state index contributed by atoms with van der Waals surface area (Å²) in [6.07, 6.45) is 3.69. The van der Waals surface area contributed by atoms with Crippen molar-refractivity contribution >= 4 is 32.3 Å². The molecule has 3 nitrogen and oxygen atoms in total. The molecule has 2 aromatic heterocycles. The first-order valence-electron chi connectivity index (χ1n) is 17.6. The maximum atomic E-state index is 5.06. The van der Waals surface area contributed by atoms with Crippen LogP contribution in [0.3, 0.4) is 0 Å². The van der Waals surface area contributed by atoms with Crippen LogP contribution < -0.4 is 0 Å². The van der Waals surface area contributed by atoms with E-state index in [4.69, 9.17) is 9.97 Å². The second-order valence-electron chi connectivity index (χ2n) is 13.3. The monoisotopic (exact) mass is 661 g/mol. The molecule has 0 aliphatic rings. The van der Waals surface area contributed by atoms with Crippen molar-refractivity contribution in [3.8, 4) is 67.3 Å². The minimum Gasteiger partial charge on any atom is -0.264 e. The Morgan fingerprint density at radius 1 is 0.327 bits per heavy atom. The molecule has 0 radical (unpaired) electrons. The third kappa shape index (κ3) is 5.28. The fraction of sp³-hybridized carbons (Fsp3) is 0. The molecule has 8 aromatic carbocycles. The molecule has 0 saturated carbocycles. The number of benzene rings is 8. The first-order chi connectivity index (χ1) is 25.7. The molecule has 0 N–H and O–H groups in total. The average Bonchev–Trinajstić information content (AvgIpc) is 3.23. The first kappa shape index (κ1) is 29.9. The maximum Gasteiger partial charge on any atom is 0.160 e. The molecule has 242 valence electrons. The topological polar surface area (TPSA) is 38.7 Å². The van der Waals surface area contributed by atoms with Gasteiger partial charge in [0.1, 0.15) is 0 Å². The van der Waals surface area contributed by atoms with Gasteiger partial charge in [-0.3, -0.25) is 4.98 Å². The van der Waals surface area contributed by atoms with E-state index < -0.39 is 0 Å². The van der Waals surface area contributed by atoms with Gasteiger partial charge in [0.15, 0.2) is 5.82 Å². The van der Waals surface area contributed by atoms with E-state index in [1.54, 1.807) is 6.20 Å². The van der Waals surface area contributed by atoms with Crippen molar-refractivity contribution in [2.24, 2.45) is 0 Å². The van der Waals surface area contributed by atoms with Crippen molar-refractivity contribution in [1.82, 2.24) is 15.0 Å². The lowest BCUT2D eigenvalue weighted by Gasteiger charge is -2.14. The van der Waals surface area contributed by atoms with Crippen LogP contribution in [0.4, 0.5) is 0 Å². The van der Waals surface area contributed by atoms with Gasteiger partial charge >= 0.3 is 0 Å². The quantitative estimate of drug-likeness (QED) is 0.166. The molecule has 2 heterocycles. The van der Waals surface area contributed by atoms with E-state index in [9.17, 15) is 0 Å². The number of nitrogens with zero attached hydrogens (tertiary/aromatic N) is 3. The zero-order valence-corrected chi connectivity index (χ0v) is 28.2. The van der Waals surface area contributed by atoms with Crippen LogP contribution in [0.5, 0.6) is 0 Å². The highest BCUT2D eigenvalue weighted by Crippen LogP contribution is 2.40. The van der Waals surface area contributed by atoms with Gasteiger partial charge < -0.3 is 0 Å². The standard InChI is InChI=1S/C49H31N3/c1-2-7-39(8-3-1)49-51-45(30-46(52-49)41-12-5-11-40(29-41)42-13-6-28-50-31-42)35-20-16-33(17-21-35)32-14-18-34(19-15-32)43-26-24-38-23-22-36-9-4-10-37-25-27-44(43)48(38)47(36)37/h1-31H. The van der Waals surface area contributed by atoms with Gasteiger partial charge in [-0.05, 0) is 78.3 Å². The minimum absolute atomic E-state index is 0.700. The summed E-state index contributed by atoms with van der Waals surface area (Å²) in [5.41, 5.74) is 11.8. The summed E-state index contributed by atoms with van der Waals surface area (Å²) in [6.45, 7) is 0. The number of hydrogen-bond donors (Lipinski definition) is 0. The van der Waals surface area contributed by atoms with Crippen molar-refractivity contribution in [1.29, 1.82) is 0 Å². The summed E-state index contributed by atoms with van der Waals surface area (Å²) < 4.78 is 0. The van der Waals surface area contributed by atoms with E-state index in [1.165, 1.54) is 49.0 Å². The molecule has 10 rings (SSSR count). The van der Waals surface area contributed by atoms with Gasteiger partial charge in [0, 0.05) is 34.6 Å². The summed E-state index contributed by atoms with van der Waals surface area (Å²) >= 11 is 0. The van der Waals surface area contributed by atoms with Crippen LogP contribution in [0.15, 0.2) is 188 Å². The van der Waals surface area contributed by atoms with Crippen molar-refractivity contribution < 1.29 is 0 Å². The normalized spacial score (nSPS) is 11.5. The summed E-state index contributed by atoms with van der Waals surface area (Å²) in [7, 11) is 0. The van der Waals surface area contributed by atoms with Gasteiger partial charge in [0.2, 0.25) is 0 Å². The molecular formula is C49H31N3. The molecule has 0 unspecified atom stereocenters. The predicted octanol–water partition coefficient (Wildman–Crippen LogP) is 12.8. The predicted molar refractivity (Wildman–Crippen MR) is 216 cm³/mol. The molecule has 0 aliphatic carbocycles. The third-order valence-electron chi connectivity index (χ3n) is 10.1. The molecule has 0 spiro atoms. The van der Waals surface area contributed by atoms with E-state index in [1.807, 2.05) is 30.5 Å². The molecule has 0 amide bonds. The molecule has 0 saturated heterocycles. The Kier molecular flexibility index (Phi) is 7.14. The maximum absolute atomic E-state index is 5.06. The van der Waals surface area contributed by atoms with Crippen molar-refractivity contribution in [2.45, 2.75) is 0 Å². The molecule has 10 aromatic rings. The van der Waals surface area contributed by atoms with Crippen LogP contribution >= 0.6 is 0 Å². The summed E-state index contributed by atoms with van der Waals surface area (Å²) in [6, 6.07) is 62.6. The highest BCUT2D eigenvalue weighted by molar-refractivity contribution is 6.25. The molecule has 0 fully saturated rings. The average molecular weight is 662 g/mol. The molecule has 0 bridgehead atoms. The summed E-state index contributed by atoms with van der Waals surface area (Å²) in [5, 5.41) is 7.84. The van der Waals surface area contributed by atoms with Crippen LogP contribution in [-0.4, -0.2) is 15.0 Å². The third-order valence-corrected chi connectivity index (χ3v) is 10.1. The van der Waals surface area contributed by atoms with Crippen molar-refractivity contribution in [3.63, 3.8) is 0 Å². The highest BCUT2D eigenvalue weighted by Gasteiger charge is 2.14. The highest BCUT2D eigenvalue weighted by atomic mass is 14.9. The van der Waals surface area contributed by atoms with Crippen molar-refractivity contribution in [3.05, 3.63) is 188 Å². The SMILES string of the molecule is c1ccc(-c2nc(-c3ccc(-c4ccc(-c5ccc6ccc7cccc8ccc5c6c78)cc4)cc3)cc(-c3cccc(-c4cccnc4)c3)n2)cc1. The van der Waals surface area contributed by atoms with Crippen LogP contribution in [-0.2, 0) is 0 Å². The Bertz CT molecular complexity index is 2850. The zero-order valence-electron chi connectivity index (χ0n) is 28.2. The molecule has 0 aliphatic heterocycles. The summed E-state index contributed by atoms with van der Waals surface area (Å²) in [5.74, 6) is 0.700. The van der Waals surface area contributed by atoms with E-state index in [-0.39, 0.29) is 0 Å². The van der Waals surface area contributed by atoms with Crippen LogP contribution in [0, 0.1) is 0 Å². The lowest BCUT2D eigenvalue weighted by molar-refractivity contribution is 1.18. The molecule has 3 heteroatoms.